The van der Waals surface area contributed by atoms with Crippen molar-refractivity contribution in [1.82, 2.24) is 24.8 Å². The highest BCUT2D eigenvalue weighted by molar-refractivity contribution is 7.53. The lowest BCUT2D eigenvalue weighted by Crippen LogP contribution is -2.64. The van der Waals surface area contributed by atoms with Gasteiger partial charge < -0.3 is 147 Å². The molecule has 51 nitrogen and oxygen atoms in total. The van der Waals surface area contributed by atoms with E-state index in [4.69, 9.17) is 107 Å². The van der Waals surface area contributed by atoms with Crippen molar-refractivity contribution < 1.29 is 219 Å². The van der Waals surface area contributed by atoms with Crippen LogP contribution in [0, 0.1) is 30.1 Å². The number of amides is 1. The van der Waals surface area contributed by atoms with E-state index in [1.165, 1.54) is 38.0 Å². The lowest BCUT2D eigenvalue weighted by atomic mass is 9.92. The van der Waals surface area contributed by atoms with E-state index in [2.05, 4.69) is 20.3 Å². The Morgan fingerprint density at radius 2 is 0.888 bits per heavy atom. The molecule has 4 aliphatic rings. The predicted molar refractivity (Wildman–Crippen MR) is 422 cm³/mol. The van der Waals surface area contributed by atoms with Gasteiger partial charge in [0.1, 0.15) is 79.0 Å². The molecule has 25 atom stereocenters. The molecule has 730 valence electrons. The van der Waals surface area contributed by atoms with Gasteiger partial charge in [0, 0.05) is 50.9 Å². The molecule has 2 aromatic rings. The Morgan fingerprint density at radius 3 is 1.31 bits per heavy atom. The zero-order valence-electron chi connectivity index (χ0n) is 70.3. The van der Waals surface area contributed by atoms with Gasteiger partial charge >= 0.3 is 46.7 Å². The van der Waals surface area contributed by atoms with E-state index in [1.54, 1.807) is 20.8 Å². The highest BCUT2D eigenvalue weighted by Gasteiger charge is 2.49. The second kappa shape index (κ2) is 55.6. The Bertz CT molecular complexity index is 3620. The molecule has 6 heterocycles. The number of aliphatic hydroxyl groups excluding tert-OH is 10. The average Bonchev–Trinajstić information content (AvgIpc) is 1.44. The van der Waals surface area contributed by atoms with Crippen LogP contribution in [0.3, 0.4) is 0 Å². The molecule has 2 aromatic heterocycles. The van der Waals surface area contributed by atoms with E-state index in [-0.39, 0.29) is 65.3 Å². The topological polar surface area (TPSA) is 711 Å². The summed E-state index contributed by atoms with van der Waals surface area (Å²) in [5.41, 5.74) is -1.55. The lowest BCUT2D eigenvalue weighted by Gasteiger charge is -2.42. The molecule has 13 unspecified atom stereocenters. The molecule has 4 saturated heterocycles. The third-order valence-electron chi connectivity index (χ3n) is 19.9. The Kier molecular flexibility index (Phi) is 49.7. The monoisotopic (exact) mass is 1940 g/mol. The molecular formula is C68H127N5O46P6. The van der Waals surface area contributed by atoms with Gasteiger partial charge in [0.15, 0.2) is 58.5 Å². The number of phosphoric acid groups is 5. The van der Waals surface area contributed by atoms with Crippen LogP contribution in [0.1, 0.15) is 130 Å². The number of aromatic nitrogens is 4. The van der Waals surface area contributed by atoms with Gasteiger partial charge in [-0.15, -0.1) is 0 Å². The maximum Gasteiger partial charge on any atom is 0.474 e. The van der Waals surface area contributed by atoms with Crippen molar-refractivity contribution in [2.75, 3.05) is 146 Å². The van der Waals surface area contributed by atoms with Crippen molar-refractivity contribution in [3.05, 3.63) is 18.3 Å². The van der Waals surface area contributed by atoms with E-state index >= 15 is 0 Å². The minimum absolute atomic E-state index is 0.0173. The standard InChI is InChI=1S/C68H127N5O46P6/c1-44(2)120(85,86)108-32-54-50(25-55(115-54)73-38-71-56-47(5)69-37-70-64(56)73)119-125(95,96)114-40-98-31-49(26-74)30-97-39-110-124(93,94)109-36-68(33-99-41-111-121(87,88)105-22-16-10-7-13-19-102-65-45(3)58(79)60(81)51(27-75)116-65,34-100-42-112-122(89,90)106-23-17-11-8-14-20-103-66-46(4)59(80)61(82)52(28-76)117-66)35-101-43-113-123(91,92)107-24-18-12-9-15-21-104-67-57(72-48(6)78)63(84)62(83)53(29-77)118-67/h37-38,44-46,49-55,57-63,65-67,74-77,79-84H,7-36,39-43H2,1-6H3,(H,72,78)(H,85,86)(H,87,88)(H,89,90)(H,91,92)(H,93,94)(H,95,96)/t45?,46?,49?,50-,51?,52?,53?,54+,55+,57?,58+,59+,60-,61-,62-,63+,65+,66+,67+,68?/m0/s1. The third-order valence-corrected chi connectivity index (χ3v) is 26.5. The Balaban J connectivity index is 1.06. The summed E-state index contributed by atoms with van der Waals surface area (Å²) in [4.78, 5) is 88.8. The van der Waals surface area contributed by atoms with Gasteiger partial charge in [-0.1, -0.05) is 66.2 Å². The fourth-order valence-corrected chi connectivity index (χ4v) is 16.7. The molecule has 0 bridgehead atoms. The van der Waals surface area contributed by atoms with Crippen LogP contribution in [-0.4, -0.2) is 350 Å². The zero-order chi connectivity index (χ0) is 92.2. The van der Waals surface area contributed by atoms with Crippen molar-refractivity contribution in [2.24, 2.45) is 23.2 Å². The number of imidazole rings is 1. The number of nitrogens with zero attached hydrogens (tertiary/aromatic N) is 4. The van der Waals surface area contributed by atoms with Gasteiger partial charge in [-0.05, 0) is 45.4 Å². The van der Waals surface area contributed by atoms with Gasteiger partial charge in [-0.3, -0.25) is 59.2 Å². The number of unbranched alkanes of at least 4 members (excludes halogenated alkanes) is 9. The van der Waals surface area contributed by atoms with Crippen LogP contribution in [0.5, 0.6) is 0 Å². The highest BCUT2D eigenvalue weighted by atomic mass is 31.2. The van der Waals surface area contributed by atoms with Crippen molar-refractivity contribution in [1.29, 1.82) is 0 Å². The van der Waals surface area contributed by atoms with E-state index < -0.39 is 286 Å². The van der Waals surface area contributed by atoms with E-state index in [9.17, 15) is 113 Å². The molecule has 125 heavy (non-hydrogen) atoms. The number of nitrogens with one attached hydrogen (secondary N) is 1. The molecule has 0 saturated carbocycles. The molecule has 1 amide bonds. The van der Waals surface area contributed by atoms with E-state index in [0.29, 0.717) is 74.6 Å². The fraction of sp³-hybridized carbons (Fsp3) is 0.912. The second-order valence-corrected chi connectivity index (χ2v) is 40.0. The van der Waals surface area contributed by atoms with Crippen LogP contribution in [0.15, 0.2) is 12.7 Å². The molecule has 0 aliphatic carbocycles. The summed E-state index contributed by atoms with van der Waals surface area (Å²) in [6.07, 6.45) is -10.7. The van der Waals surface area contributed by atoms with Gasteiger partial charge in [-0.2, -0.15) is 0 Å². The van der Waals surface area contributed by atoms with Crippen molar-refractivity contribution in [3.8, 4) is 0 Å². The minimum Gasteiger partial charge on any atom is -0.396 e. The molecule has 0 aromatic carbocycles. The van der Waals surface area contributed by atoms with Gasteiger partial charge in [-0.25, -0.2) is 37.8 Å². The highest BCUT2D eigenvalue weighted by Crippen LogP contribution is 2.53. The molecule has 4 fully saturated rings. The predicted octanol–water partition coefficient (Wildman–Crippen LogP) is 1.36. The first-order valence-corrected chi connectivity index (χ1v) is 49.6. The summed E-state index contributed by atoms with van der Waals surface area (Å²) < 4.78 is 205. The number of aliphatic hydroxyl groups is 10. The van der Waals surface area contributed by atoms with Crippen molar-refractivity contribution in [2.45, 2.75) is 229 Å². The lowest BCUT2D eigenvalue weighted by molar-refractivity contribution is -0.282. The molecule has 57 heteroatoms. The Morgan fingerprint density at radius 1 is 0.488 bits per heavy atom. The summed E-state index contributed by atoms with van der Waals surface area (Å²) in [6, 6.07) is -1.17. The smallest absolute Gasteiger partial charge is 0.396 e. The first kappa shape index (κ1) is 112. The third kappa shape index (κ3) is 39.0. The number of carbonyl (C=O) groups excluding carboxylic acids is 1. The molecular weight excluding hydrogens is 1810 g/mol. The van der Waals surface area contributed by atoms with Crippen molar-refractivity contribution >= 4 is 63.8 Å². The second-order valence-electron chi connectivity index (χ2n) is 30.4. The number of fused-ring (bicyclic) bond motifs is 1. The first-order chi connectivity index (χ1) is 59.1. The number of carbonyl (C=O) groups is 1. The van der Waals surface area contributed by atoms with Crippen LogP contribution in [-0.2, 0) is 139 Å². The Hall–Kier alpha value is -2.16. The van der Waals surface area contributed by atoms with Gasteiger partial charge in [0.25, 0.3) is 0 Å². The molecule has 0 spiro atoms. The van der Waals surface area contributed by atoms with Crippen LogP contribution in [0.25, 0.3) is 11.2 Å². The number of phosphoric ester groups is 5. The maximum atomic E-state index is 13.7. The first-order valence-electron chi connectivity index (χ1n) is 40.5. The fourth-order valence-electron chi connectivity index (χ4n) is 12.6. The summed E-state index contributed by atoms with van der Waals surface area (Å²) in [5.74, 6) is -2.78. The minimum atomic E-state index is -5.36. The Labute approximate surface area is 721 Å². The number of rotatable bonds is 67. The van der Waals surface area contributed by atoms with Crippen LogP contribution in [0.4, 0.5) is 0 Å². The average molecular weight is 1940 g/mol. The molecule has 6 rings (SSSR count). The summed E-state index contributed by atoms with van der Waals surface area (Å²) in [7, 11) is -29.5. The maximum absolute atomic E-state index is 13.7. The number of hydrogen-bond acceptors (Lipinski definition) is 43. The number of hydrogen-bond donors (Lipinski definition) is 17. The SMILES string of the molecule is CC(=O)NC1[C@H](OCCCCCCOP(=O)(O)OCOCC(COCOP(=O)(O)OCCCCCCO[C@@H]2OC(CO)[C@H](O)[C@H](O)C2C)(COCOP(=O)(O)OCCCCCCO[C@@H]2OC(CO)[C@H](O)[C@H](O)C2C)COP(=O)(O)OCOCC(CO)COCOP(=O)(O)O[C@H]2C[C@H](n3cnc4c(C)ncnc43)O[C@@H]2COP(=O)(O)C(C)C)OC(CO)[C@H](O)[C@@H]1O. The van der Waals surface area contributed by atoms with Crippen molar-refractivity contribution in [3.63, 3.8) is 0 Å². The van der Waals surface area contributed by atoms with E-state index in [1.807, 2.05) is 0 Å². The summed E-state index contributed by atoms with van der Waals surface area (Å²) >= 11 is 0. The molecule has 17 N–H and O–H groups in total. The summed E-state index contributed by atoms with van der Waals surface area (Å²) in [5, 5.41) is 103. The quantitative estimate of drug-likeness (QED) is 0.0252. The van der Waals surface area contributed by atoms with Gasteiger partial charge in [0.05, 0.1) is 128 Å². The zero-order valence-corrected chi connectivity index (χ0v) is 75.7. The molecule has 0 radical (unpaired) electrons. The molecule has 4 aliphatic heterocycles. The number of ether oxygens (including phenoxy) is 12. The van der Waals surface area contributed by atoms with Gasteiger partial charge in [0.2, 0.25) is 5.91 Å². The normalized spacial score (nSPS) is 29.4. The summed E-state index contributed by atoms with van der Waals surface area (Å²) in [6.45, 7) is -4.53. The van der Waals surface area contributed by atoms with E-state index in [0.717, 1.165) is 0 Å². The van der Waals surface area contributed by atoms with Crippen LogP contribution < -0.4 is 5.32 Å². The van der Waals surface area contributed by atoms with Crippen LogP contribution >= 0.6 is 46.7 Å². The van der Waals surface area contributed by atoms with Crippen LogP contribution in [0.2, 0.25) is 0 Å². The largest absolute Gasteiger partial charge is 0.474 e. The number of aryl methyl sites for hydroxylation is 1.